The number of aryl methyl sites for hydroxylation is 1. The molecular formula is C60H80N10O8S. The number of para-hydroxylation sites is 1. The number of piperidine rings is 1. The molecule has 3 aliphatic rings. The molecule has 1 unspecified atom stereocenters. The number of aliphatic hydroxyl groups is 1. The number of rotatable bonds is 23. The molecule has 0 aliphatic carbocycles. The normalized spacial score (nSPS) is 18.7. The number of ether oxygens (including phenoxy) is 2. The number of aromatic nitrogens is 3. The summed E-state index contributed by atoms with van der Waals surface area (Å²) in [5.41, 5.74) is 12.4. The summed E-state index contributed by atoms with van der Waals surface area (Å²) in [7, 11) is 0. The third-order valence-corrected chi connectivity index (χ3v) is 16.3. The number of carbonyl (C=O) groups is 4. The predicted octanol–water partition coefficient (Wildman–Crippen LogP) is 7.93. The van der Waals surface area contributed by atoms with Gasteiger partial charge in [0.2, 0.25) is 23.6 Å². The molecule has 3 aliphatic heterocycles. The van der Waals surface area contributed by atoms with Gasteiger partial charge in [0.1, 0.15) is 42.0 Å². The molecule has 8 rings (SSSR count). The number of benzene rings is 3. The highest BCUT2D eigenvalue weighted by atomic mass is 32.1. The molecule has 18 nitrogen and oxygen atoms in total. The van der Waals surface area contributed by atoms with Gasteiger partial charge in [-0.15, -0.1) is 21.5 Å². The maximum absolute atomic E-state index is 14.1. The summed E-state index contributed by atoms with van der Waals surface area (Å²) in [5.74, 6) is 0.859. The largest absolute Gasteiger partial charge is 0.507 e. The van der Waals surface area contributed by atoms with Gasteiger partial charge in [-0.3, -0.25) is 24.1 Å². The number of nitrogen functional groups attached to an aromatic ring is 1. The van der Waals surface area contributed by atoms with Crippen molar-refractivity contribution in [2.75, 3.05) is 69.6 Å². The van der Waals surface area contributed by atoms with Crippen LogP contribution in [-0.2, 0) is 19.2 Å². The fourth-order valence-corrected chi connectivity index (χ4v) is 11.5. The Bertz CT molecular complexity index is 2820. The minimum atomic E-state index is -0.872. The Hall–Kier alpha value is -6.83. The Balaban J connectivity index is 0.669. The molecule has 5 heterocycles. The highest BCUT2D eigenvalue weighted by Crippen LogP contribution is 2.34. The average molecular weight is 1100 g/mol. The molecule has 19 heteroatoms. The molecule has 5 aromatic rings. The van der Waals surface area contributed by atoms with E-state index in [0.29, 0.717) is 56.1 Å². The molecule has 3 aromatic carbocycles. The number of likely N-dealkylation sites (tertiary alicyclic amines) is 1. The van der Waals surface area contributed by atoms with Crippen LogP contribution in [0.5, 0.6) is 17.2 Å². The number of phenols is 1. The predicted molar refractivity (Wildman–Crippen MR) is 308 cm³/mol. The first-order valence-corrected chi connectivity index (χ1v) is 29.0. The molecule has 0 spiro atoms. The number of aliphatic hydroxyl groups excluding tert-OH is 1. The van der Waals surface area contributed by atoms with Crippen molar-refractivity contribution in [3.63, 3.8) is 0 Å². The van der Waals surface area contributed by atoms with Gasteiger partial charge < -0.3 is 50.8 Å². The van der Waals surface area contributed by atoms with E-state index in [0.717, 1.165) is 104 Å². The Morgan fingerprint density at radius 1 is 0.861 bits per heavy atom. The summed E-state index contributed by atoms with van der Waals surface area (Å²) in [5, 5.41) is 35.3. The van der Waals surface area contributed by atoms with Crippen LogP contribution in [0.15, 0.2) is 84.4 Å². The van der Waals surface area contributed by atoms with Crippen molar-refractivity contribution in [3.05, 3.63) is 95.6 Å². The first-order chi connectivity index (χ1) is 38.0. The summed E-state index contributed by atoms with van der Waals surface area (Å²) in [6, 6.07) is 22.8. The molecule has 3 saturated heterocycles. The van der Waals surface area contributed by atoms with Crippen LogP contribution in [0.25, 0.3) is 21.7 Å². The molecule has 79 heavy (non-hydrogen) atoms. The number of unbranched alkanes of at least 4 members (excludes halogenated alkanes) is 5. The third-order valence-electron chi connectivity index (χ3n) is 15.3. The number of amides is 4. The SMILES string of the molecule is Cc1ncsc1-c1ccc([C@H](C)NC(=O)[C@@H]2C[C@@H](O)CN2C(=O)[C@@H](NC(=O)CCCCCCCCC(=O)N2CCN(CCOc3ccc(N4CCCC(Oc5cc(-c6ccccc6O)nnc5N)C4)cc3)CC2)C(C)(C)C)cc1. The number of piperazine rings is 1. The van der Waals surface area contributed by atoms with Crippen molar-refractivity contribution in [1.82, 2.24) is 40.5 Å². The molecule has 5 atom stereocenters. The van der Waals surface area contributed by atoms with Crippen LogP contribution in [0.3, 0.4) is 0 Å². The van der Waals surface area contributed by atoms with Gasteiger partial charge in [0.25, 0.3) is 0 Å². The van der Waals surface area contributed by atoms with Crippen molar-refractivity contribution >= 4 is 46.5 Å². The molecule has 6 N–H and O–H groups in total. The lowest BCUT2D eigenvalue weighted by Gasteiger charge is -2.35. The zero-order valence-electron chi connectivity index (χ0n) is 46.6. The minimum absolute atomic E-state index is 0.0186. The Morgan fingerprint density at radius 3 is 2.27 bits per heavy atom. The zero-order chi connectivity index (χ0) is 56.1. The first-order valence-electron chi connectivity index (χ1n) is 28.2. The van der Waals surface area contributed by atoms with E-state index in [-0.39, 0.29) is 66.7 Å². The summed E-state index contributed by atoms with van der Waals surface area (Å²) in [6.07, 6.45) is 7.07. The van der Waals surface area contributed by atoms with Gasteiger partial charge in [-0.25, -0.2) is 4.98 Å². The number of carbonyl (C=O) groups excluding carboxylic acids is 4. The number of hydrogen-bond acceptors (Lipinski definition) is 15. The summed E-state index contributed by atoms with van der Waals surface area (Å²) in [4.78, 5) is 67.7. The number of β-amino-alcohol motifs (C(OH)–C–C–N with tert-alkyl or cyclic N) is 1. The number of thiazole rings is 1. The van der Waals surface area contributed by atoms with Gasteiger partial charge in [-0.2, -0.15) is 0 Å². The van der Waals surface area contributed by atoms with Crippen LogP contribution in [0.1, 0.15) is 116 Å². The number of nitrogens with zero attached hydrogens (tertiary/aromatic N) is 7. The summed E-state index contributed by atoms with van der Waals surface area (Å²) >= 11 is 1.58. The lowest BCUT2D eigenvalue weighted by atomic mass is 9.85. The second-order valence-corrected chi connectivity index (χ2v) is 23.2. The maximum atomic E-state index is 14.1. The van der Waals surface area contributed by atoms with Gasteiger partial charge in [0.05, 0.1) is 34.8 Å². The fourth-order valence-electron chi connectivity index (χ4n) is 10.7. The number of anilines is 2. The van der Waals surface area contributed by atoms with Gasteiger partial charge in [-0.05, 0) is 92.5 Å². The highest BCUT2D eigenvalue weighted by Gasteiger charge is 2.45. The smallest absolute Gasteiger partial charge is 0.246 e. The molecule has 3 fully saturated rings. The summed E-state index contributed by atoms with van der Waals surface area (Å²) < 4.78 is 12.5. The van der Waals surface area contributed by atoms with Crippen molar-refractivity contribution in [2.45, 2.75) is 136 Å². The number of phenolic OH excluding ortho intramolecular Hbond substituents is 1. The molecule has 424 valence electrons. The van der Waals surface area contributed by atoms with Crippen LogP contribution in [0.2, 0.25) is 0 Å². The molecule has 0 radical (unpaired) electrons. The number of nitrogens with one attached hydrogen (secondary N) is 2. The van der Waals surface area contributed by atoms with E-state index in [1.165, 1.54) is 4.90 Å². The lowest BCUT2D eigenvalue weighted by Crippen LogP contribution is -2.57. The lowest BCUT2D eigenvalue weighted by molar-refractivity contribution is -0.144. The van der Waals surface area contributed by atoms with Crippen molar-refractivity contribution in [3.8, 4) is 38.9 Å². The molecule has 0 bridgehead atoms. The van der Waals surface area contributed by atoms with Gasteiger partial charge >= 0.3 is 0 Å². The Morgan fingerprint density at radius 2 is 1.57 bits per heavy atom. The maximum Gasteiger partial charge on any atom is 0.246 e. The Labute approximate surface area is 469 Å². The Kier molecular flexibility index (Phi) is 20.2. The average Bonchev–Trinajstić information content (AvgIpc) is 4.23. The zero-order valence-corrected chi connectivity index (χ0v) is 47.4. The minimum Gasteiger partial charge on any atom is -0.507 e. The van der Waals surface area contributed by atoms with E-state index >= 15 is 0 Å². The number of aromatic hydroxyl groups is 1. The van der Waals surface area contributed by atoms with Crippen LogP contribution >= 0.6 is 11.3 Å². The van der Waals surface area contributed by atoms with Crippen molar-refractivity contribution in [2.24, 2.45) is 5.41 Å². The molecular weight excluding hydrogens is 1020 g/mol. The second kappa shape index (κ2) is 27.4. The van der Waals surface area contributed by atoms with E-state index in [2.05, 4.69) is 47.7 Å². The third kappa shape index (κ3) is 15.9. The summed E-state index contributed by atoms with van der Waals surface area (Å²) in [6.45, 7) is 15.5. The van der Waals surface area contributed by atoms with Gasteiger partial charge in [0, 0.05) is 82.4 Å². The van der Waals surface area contributed by atoms with Crippen molar-refractivity contribution in [1.29, 1.82) is 0 Å². The fraction of sp³-hybridized carbons (Fsp3) is 0.517. The monoisotopic (exact) mass is 1100 g/mol. The van der Waals surface area contributed by atoms with Crippen LogP contribution < -0.4 is 30.7 Å². The molecule has 4 amide bonds. The molecule has 0 saturated carbocycles. The van der Waals surface area contributed by atoms with Crippen LogP contribution in [0, 0.1) is 12.3 Å². The number of hydrogen-bond donors (Lipinski definition) is 5. The topological polar surface area (TPSA) is 229 Å². The van der Waals surface area contributed by atoms with E-state index in [1.54, 1.807) is 35.6 Å². The van der Waals surface area contributed by atoms with Crippen LogP contribution in [0.4, 0.5) is 11.5 Å². The van der Waals surface area contributed by atoms with E-state index in [1.807, 2.05) is 87.5 Å². The molecule has 2 aromatic heterocycles. The number of nitrogens with two attached hydrogens (primary N) is 1. The van der Waals surface area contributed by atoms with Crippen LogP contribution in [-0.4, -0.2) is 147 Å². The second-order valence-electron chi connectivity index (χ2n) is 22.4. The van der Waals surface area contributed by atoms with E-state index in [9.17, 15) is 29.4 Å². The highest BCUT2D eigenvalue weighted by molar-refractivity contribution is 7.13. The van der Waals surface area contributed by atoms with E-state index in [4.69, 9.17) is 15.2 Å². The van der Waals surface area contributed by atoms with E-state index < -0.39 is 23.6 Å². The van der Waals surface area contributed by atoms with Gasteiger partial charge in [0.15, 0.2) is 11.6 Å². The van der Waals surface area contributed by atoms with Crippen molar-refractivity contribution < 1.29 is 38.9 Å². The standard InChI is InChI=1S/C60H80N10O8S/c1-40(42-20-22-43(23-21-42)55-41(2)62-39-79-55)63-58(75)50-35-45(71)37-70(50)59(76)56(60(3,4)5)64-53(73)18-10-8-6-7-9-11-19-54(74)68-31-29-67(30-32-68)33-34-77-46-26-24-44(25-27-46)69-28-14-15-47(38-69)78-52-36-49(65-66-57(52)61)48-16-12-13-17-51(48)72/h12-13,16-17,20-27,36,39-40,45,47,50,56,71-72H,6-11,14-15,18-19,28-35,37-38H2,1-5H3,(H2,61,66)(H,63,75)(H,64,73)/t40-,45+,47?,50-,56+/m0/s1. The first kappa shape index (κ1) is 58.3. The quantitative estimate of drug-likeness (QED) is 0.0392. The van der Waals surface area contributed by atoms with Gasteiger partial charge in [-0.1, -0.05) is 82.9 Å².